The summed E-state index contributed by atoms with van der Waals surface area (Å²) in [5, 5.41) is 3.43. The van der Waals surface area contributed by atoms with Crippen LogP contribution in [0.3, 0.4) is 0 Å². The Morgan fingerprint density at radius 3 is 2.68 bits per heavy atom. The summed E-state index contributed by atoms with van der Waals surface area (Å²) in [7, 11) is 0. The predicted octanol–water partition coefficient (Wildman–Crippen LogP) is 2.96. The van der Waals surface area contributed by atoms with Gasteiger partial charge in [0.15, 0.2) is 0 Å². The lowest BCUT2D eigenvalue weighted by molar-refractivity contribution is 0.175. The molecule has 0 amide bonds. The zero-order valence-electron chi connectivity index (χ0n) is 12.1. The third-order valence-corrected chi connectivity index (χ3v) is 4.03. The van der Waals surface area contributed by atoms with Gasteiger partial charge < -0.3 is 5.32 Å². The Hall–Kier alpha value is -0.930. The number of likely N-dealkylation sites (tertiary alicyclic amines) is 1. The number of halogens is 1. The van der Waals surface area contributed by atoms with Crippen molar-refractivity contribution in [3.8, 4) is 0 Å². The summed E-state index contributed by atoms with van der Waals surface area (Å²) >= 11 is 0. The summed E-state index contributed by atoms with van der Waals surface area (Å²) in [5.41, 5.74) is 1.82. The van der Waals surface area contributed by atoms with Crippen LogP contribution >= 0.6 is 0 Å². The van der Waals surface area contributed by atoms with Crippen LogP contribution < -0.4 is 5.32 Å². The van der Waals surface area contributed by atoms with Crippen LogP contribution in [-0.4, -0.2) is 31.1 Å². The van der Waals surface area contributed by atoms with Gasteiger partial charge in [0.1, 0.15) is 5.82 Å². The van der Waals surface area contributed by atoms with Gasteiger partial charge in [-0.3, -0.25) is 4.90 Å². The Morgan fingerprint density at radius 2 is 2.05 bits per heavy atom. The minimum absolute atomic E-state index is 0.0838. The van der Waals surface area contributed by atoms with Gasteiger partial charge in [-0.25, -0.2) is 4.39 Å². The van der Waals surface area contributed by atoms with Crippen molar-refractivity contribution < 1.29 is 4.39 Å². The van der Waals surface area contributed by atoms with Crippen molar-refractivity contribution in [2.24, 2.45) is 5.92 Å². The lowest BCUT2D eigenvalue weighted by Crippen LogP contribution is -2.36. The monoisotopic (exact) mass is 264 g/mol. The number of nitrogens with one attached hydrogen (secondary N) is 1. The Bertz CT molecular complexity index is 398. The van der Waals surface area contributed by atoms with Crippen LogP contribution in [0.1, 0.15) is 30.9 Å². The second kappa shape index (κ2) is 7.01. The topological polar surface area (TPSA) is 15.3 Å². The number of hydrogen-bond donors (Lipinski definition) is 1. The average Bonchev–Trinajstić information content (AvgIpc) is 2.42. The first-order valence-corrected chi connectivity index (χ1v) is 7.37. The van der Waals surface area contributed by atoms with Crippen LogP contribution in [-0.2, 0) is 6.54 Å². The van der Waals surface area contributed by atoms with E-state index in [0.29, 0.717) is 0 Å². The number of nitrogens with zero attached hydrogens (tertiary/aromatic N) is 1. The normalized spacial score (nSPS) is 17.8. The minimum atomic E-state index is -0.0838. The average molecular weight is 264 g/mol. The molecule has 0 spiro atoms. The maximum atomic E-state index is 13.5. The molecule has 0 atom stereocenters. The van der Waals surface area contributed by atoms with Crippen LogP contribution in [0.4, 0.5) is 4.39 Å². The maximum absolute atomic E-state index is 13.5. The largest absolute Gasteiger partial charge is 0.317 e. The highest BCUT2D eigenvalue weighted by atomic mass is 19.1. The van der Waals surface area contributed by atoms with Crippen molar-refractivity contribution in [1.82, 2.24) is 10.2 Å². The standard InChI is InChI=1S/C16H25FN2/c1-3-18-11-14-6-8-19(9-7-14)12-15-5-4-13(2)16(17)10-15/h4-5,10,14,18H,3,6-9,11-12H2,1-2H3. The SMILES string of the molecule is CCNCC1CCN(Cc2ccc(C)c(F)c2)CC1. The number of rotatable bonds is 5. The first-order valence-electron chi connectivity index (χ1n) is 7.37. The molecule has 0 bridgehead atoms. The zero-order valence-corrected chi connectivity index (χ0v) is 12.1. The molecule has 0 aromatic heterocycles. The molecule has 19 heavy (non-hydrogen) atoms. The quantitative estimate of drug-likeness (QED) is 0.879. The highest BCUT2D eigenvalue weighted by molar-refractivity contribution is 5.23. The lowest BCUT2D eigenvalue weighted by Gasteiger charge is -2.32. The highest BCUT2D eigenvalue weighted by Crippen LogP contribution is 2.19. The smallest absolute Gasteiger partial charge is 0.126 e. The van der Waals surface area contributed by atoms with Crippen molar-refractivity contribution in [3.05, 3.63) is 35.1 Å². The highest BCUT2D eigenvalue weighted by Gasteiger charge is 2.18. The predicted molar refractivity (Wildman–Crippen MR) is 77.7 cm³/mol. The summed E-state index contributed by atoms with van der Waals surface area (Å²) in [6.45, 7) is 9.31. The molecular weight excluding hydrogens is 239 g/mol. The summed E-state index contributed by atoms with van der Waals surface area (Å²) in [5.74, 6) is 0.727. The molecule has 2 nitrogen and oxygen atoms in total. The van der Waals surface area contributed by atoms with Gasteiger partial charge in [-0.15, -0.1) is 0 Å². The van der Waals surface area contributed by atoms with Gasteiger partial charge in [0.25, 0.3) is 0 Å². The summed E-state index contributed by atoms with van der Waals surface area (Å²) in [6.07, 6.45) is 2.50. The molecule has 106 valence electrons. The molecule has 1 aromatic carbocycles. The van der Waals surface area contributed by atoms with E-state index in [2.05, 4.69) is 17.1 Å². The third kappa shape index (κ3) is 4.29. The van der Waals surface area contributed by atoms with E-state index in [-0.39, 0.29) is 5.82 Å². The zero-order chi connectivity index (χ0) is 13.7. The van der Waals surface area contributed by atoms with E-state index in [1.54, 1.807) is 6.07 Å². The lowest BCUT2D eigenvalue weighted by atomic mass is 9.96. The van der Waals surface area contributed by atoms with Gasteiger partial charge in [-0.05, 0) is 69.1 Å². The molecule has 0 aliphatic carbocycles. The molecule has 1 saturated heterocycles. The second-order valence-corrected chi connectivity index (χ2v) is 5.61. The molecule has 1 heterocycles. The van der Waals surface area contributed by atoms with Crippen molar-refractivity contribution in [3.63, 3.8) is 0 Å². The van der Waals surface area contributed by atoms with Crippen molar-refractivity contribution in [2.45, 2.75) is 33.2 Å². The molecule has 1 aromatic rings. The molecule has 1 aliphatic rings. The van der Waals surface area contributed by atoms with Crippen molar-refractivity contribution in [1.29, 1.82) is 0 Å². The number of piperidine rings is 1. The van der Waals surface area contributed by atoms with Gasteiger partial charge in [-0.1, -0.05) is 19.1 Å². The molecule has 1 fully saturated rings. The summed E-state index contributed by atoms with van der Waals surface area (Å²) < 4.78 is 13.5. The van der Waals surface area contributed by atoms with Crippen LogP contribution in [0.25, 0.3) is 0 Å². The Balaban J connectivity index is 1.80. The van der Waals surface area contributed by atoms with E-state index in [4.69, 9.17) is 0 Å². The van der Waals surface area contributed by atoms with E-state index < -0.39 is 0 Å². The third-order valence-electron chi connectivity index (χ3n) is 4.03. The van der Waals surface area contributed by atoms with Crippen LogP contribution in [0.5, 0.6) is 0 Å². The molecule has 0 saturated carbocycles. The Labute approximate surface area is 116 Å². The fourth-order valence-corrected chi connectivity index (χ4v) is 2.69. The number of benzene rings is 1. The fourth-order valence-electron chi connectivity index (χ4n) is 2.69. The van der Waals surface area contributed by atoms with Crippen molar-refractivity contribution >= 4 is 0 Å². The molecule has 0 unspecified atom stereocenters. The first-order chi connectivity index (χ1) is 9.19. The van der Waals surface area contributed by atoms with E-state index in [9.17, 15) is 4.39 Å². The van der Waals surface area contributed by atoms with Gasteiger partial charge in [-0.2, -0.15) is 0 Å². The maximum Gasteiger partial charge on any atom is 0.126 e. The van der Waals surface area contributed by atoms with Crippen LogP contribution in [0.2, 0.25) is 0 Å². The van der Waals surface area contributed by atoms with Gasteiger partial charge >= 0.3 is 0 Å². The number of aryl methyl sites for hydroxylation is 1. The van der Waals surface area contributed by atoms with Gasteiger partial charge in [0, 0.05) is 6.54 Å². The Kier molecular flexibility index (Phi) is 5.34. The summed E-state index contributed by atoms with van der Waals surface area (Å²) in [4.78, 5) is 2.44. The van der Waals surface area contributed by atoms with Gasteiger partial charge in [0.05, 0.1) is 0 Å². The van der Waals surface area contributed by atoms with Crippen LogP contribution in [0.15, 0.2) is 18.2 Å². The molecule has 1 aliphatic heterocycles. The molecule has 1 N–H and O–H groups in total. The fraction of sp³-hybridized carbons (Fsp3) is 0.625. The van der Waals surface area contributed by atoms with Crippen molar-refractivity contribution in [2.75, 3.05) is 26.2 Å². The van der Waals surface area contributed by atoms with Gasteiger partial charge in [0.2, 0.25) is 0 Å². The second-order valence-electron chi connectivity index (χ2n) is 5.61. The van der Waals surface area contributed by atoms with E-state index >= 15 is 0 Å². The Morgan fingerprint density at radius 1 is 1.32 bits per heavy atom. The molecule has 2 rings (SSSR count). The first kappa shape index (κ1) is 14.5. The minimum Gasteiger partial charge on any atom is -0.317 e. The van der Waals surface area contributed by atoms with E-state index in [1.807, 2.05) is 19.1 Å². The molecule has 3 heteroatoms. The molecule has 0 radical (unpaired) electrons. The van der Waals surface area contributed by atoms with Crippen LogP contribution in [0, 0.1) is 18.7 Å². The summed E-state index contributed by atoms with van der Waals surface area (Å²) in [6, 6.07) is 5.60. The number of hydrogen-bond acceptors (Lipinski definition) is 2. The van der Waals surface area contributed by atoms with E-state index in [1.165, 1.54) is 12.8 Å². The van der Waals surface area contributed by atoms with E-state index in [0.717, 1.165) is 49.8 Å². The molecular formula is C16H25FN2.